The molecule has 0 aliphatic heterocycles. The summed E-state index contributed by atoms with van der Waals surface area (Å²) in [5.74, 6) is 0.720. The molecule has 2 aromatic heterocycles. The SMILES string of the molecule is Cc1ccc(C(CNC(=O)c2cnn(-c3ccccn3)c2C(C)C)N(C)C)cc1. The van der Waals surface area contributed by atoms with Crippen molar-refractivity contribution in [2.75, 3.05) is 20.6 Å². The molecule has 0 radical (unpaired) electrons. The zero-order valence-electron chi connectivity index (χ0n) is 17.8. The van der Waals surface area contributed by atoms with Gasteiger partial charge in [0.2, 0.25) is 0 Å². The van der Waals surface area contributed by atoms with E-state index in [9.17, 15) is 4.79 Å². The fourth-order valence-electron chi connectivity index (χ4n) is 3.42. The van der Waals surface area contributed by atoms with E-state index in [2.05, 4.69) is 65.3 Å². The van der Waals surface area contributed by atoms with E-state index in [1.165, 1.54) is 11.1 Å². The van der Waals surface area contributed by atoms with Gasteiger partial charge in [0.05, 0.1) is 23.5 Å². The lowest BCUT2D eigenvalue weighted by atomic mass is 10.0. The molecule has 3 aromatic rings. The predicted molar refractivity (Wildman–Crippen MR) is 115 cm³/mol. The number of nitrogens with one attached hydrogen (secondary N) is 1. The van der Waals surface area contributed by atoms with Gasteiger partial charge in [0.25, 0.3) is 5.91 Å². The molecule has 0 bridgehead atoms. The molecule has 0 saturated carbocycles. The molecule has 152 valence electrons. The molecule has 1 N–H and O–H groups in total. The Morgan fingerprint density at radius 2 is 1.86 bits per heavy atom. The Kier molecular flexibility index (Phi) is 6.44. The van der Waals surface area contributed by atoms with Crippen LogP contribution in [0.2, 0.25) is 0 Å². The highest BCUT2D eigenvalue weighted by Gasteiger charge is 2.22. The van der Waals surface area contributed by atoms with Crippen LogP contribution in [0.1, 0.15) is 53.0 Å². The van der Waals surface area contributed by atoms with E-state index >= 15 is 0 Å². The molecule has 1 unspecified atom stereocenters. The molecular formula is C23H29N5O. The van der Waals surface area contributed by atoms with Crippen molar-refractivity contribution in [2.24, 2.45) is 0 Å². The van der Waals surface area contributed by atoms with Crippen LogP contribution in [0.25, 0.3) is 5.82 Å². The van der Waals surface area contributed by atoms with Crippen LogP contribution in [0.3, 0.4) is 0 Å². The molecule has 1 aromatic carbocycles. The number of amides is 1. The van der Waals surface area contributed by atoms with Crippen molar-refractivity contribution in [3.05, 3.63) is 77.2 Å². The van der Waals surface area contributed by atoms with Crippen LogP contribution in [0.15, 0.2) is 54.9 Å². The Morgan fingerprint density at radius 3 is 2.45 bits per heavy atom. The lowest BCUT2D eigenvalue weighted by molar-refractivity contribution is 0.0940. The number of likely N-dealkylation sites (N-methyl/N-ethyl adjacent to an activating group) is 1. The highest BCUT2D eigenvalue weighted by molar-refractivity contribution is 5.95. The van der Waals surface area contributed by atoms with Gasteiger partial charge in [-0.2, -0.15) is 5.10 Å². The molecule has 3 rings (SSSR count). The fraction of sp³-hybridized carbons (Fsp3) is 0.348. The molecule has 6 nitrogen and oxygen atoms in total. The Hall–Kier alpha value is -2.99. The molecular weight excluding hydrogens is 362 g/mol. The van der Waals surface area contributed by atoms with E-state index in [0.29, 0.717) is 17.9 Å². The topological polar surface area (TPSA) is 63.1 Å². The summed E-state index contributed by atoms with van der Waals surface area (Å²) in [5.41, 5.74) is 3.85. The molecule has 2 heterocycles. The van der Waals surface area contributed by atoms with Crippen molar-refractivity contribution >= 4 is 5.91 Å². The van der Waals surface area contributed by atoms with E-state index < -0.39 is 0 Å². The van der Waals surface area contributed by atoms with Gasteiger partial charge in [-0.15, -0.1) is 0 Å². The van der Waals surface area contributed by atoms with Crippen LogP contribution in [-0.2, 0) is 0 Å². The Labute approximate surface area is 172 Å². The van der Waals surface area contributed by atoms with E-state index in [-0.39, 0.29) is 17.9 Å². The van der Waals surface area contributed by atoms with Gasteiger partial charge >= 0.3 is 0 Å². The first-order chi connectivity index (χ1) is 13.9. The van der Waals surface area contributed by atoms with Crippen molar-refractivity contribution in [1.29, 1.82) is 0 Å². The van der Waals surface area contributed by atoms with Gasteiger partial charge in [-0.05, 0) is 44.6 Å². The Morgan fingerprint density at radius 1 is 1.14 bits per heavy atom. The average Bonchev–Trinajstić information content (AvgIpc) is 3.15. The highest BCUT2D eigenvalue weighted by atomic mass is 16.1. The van der Waals surface area contributed by atoms with Gasteiger partial charge in [-0.25, -0.2) is 9.67 Å². The first kappa shape index (κ1) is 20.7. The zero-order valence-corrected chi connectivity index (χ0v) is 17.8. The largest absolute Gasteiger partial charge is 0.350 e. The third kappa shape index (κ3) is 4.71. The monoisotopic (exact) mass is 391 g/mol. The van der Waals surface area contributed by atoms with E-state index in [1.54, 1.807) is 17.1 Å². The van der Waals surface area contributed by atoms with Gasteiger partial charge < -0.3 is 10.2 Å². The number of carbonyl (C=O) groups is 1. The zero-order chi connectivity index (χ0) is 21.0. The summed E-state index contributed by atoms with van der Waals surface area (Å²) < 4.78 is 1.75. The minimum atomic E-state index is -0.116. The molecule has 0 aliphatic rings. The van der Waals surface area contributed by atoms with Crippen LogP contribution in [0.4, 0.5) is 0 Å². The van der Waals surface area contributed by atoms with Crippen LogP contribution in [0.5, 0.6) is 0 Å². The number of pyridine rings is 1. The van der Waals surface area contributed by atoms with Crippen LogP contribution < -0.4 is 5.32 Å². The molecule has 0 fully saturated rings. The number of aromatic nitrogens is 3. The number of rotatable bonds is 7. The number of hydrogen-bond acceptors (Lipinski definition) is 4. The molecule has 0 aliphatic carbocycles. The van der Waals surface area contributed by atoms with Crippen LogP contribution in [-0.4, -0.2) is 46.2 Å². The molecule has 1 atom stereocenters. The molecule has 6 heteroatoms. The van der Waals surface area contributed by atoms with Gasteiger partial charge in [-0.1, -0.05) is 49.7 Å². The maximum atomic E-state index is 13.0. The summed E-state index contributed by atoms with van der Waals surface area (Å²) in [6, 6.07) is 14.2. The van der Waals surface area contributed by atoms with Crippen molar-refractivity contribution in [3.8, 4) is 5.82 Å². The highest BCUT2D eigenvalue weighted by Crippen LogP contribution is 2.23. The van der Waals surface area contributed by atoms with E-state index in [1.807, 2.05) is 32.3 Å². The van der Waals surface area contributed by atoms with E-state index in [4.69, 9.17) is 0 Å². The summed E-state index contributed by atoms with van der Waals surface area (Å²) in [7, 11) is 4.05. The summed E-state index contributed by atoms with van der Waals surface area (Å²) in [4.78, 5) is 19.5. The quantitative estimate of drug-likeness (QED) is 0.667. The standard InChI is InChI=1S/C23H29N5O/c1-16(2)22-19(14-26-28(22)21-8-6-7-13-24-21)23(29)25-15-20(27(4)5)18-11-9-17(3)10-12-18/h6-14,16,20H,15H2,1-5H3,(H,25,29). The van der Waals surface area contributed by atoms with Gasteiger partial charge in [0, 0.05) is 12.7 Å². The smallest absolute Gasteiger partial charge is 0.254 e. The number of nitrogens with zero attached hydrogens (tertiary/aromatic N) is 4. The average molecular weight is 392 g/mol. The number of aryl methyl sites for hydroxylation is 1. The van der Waals surface area contributed by atoms with Gasteiger partial charge in [0.1, 0.15) is 0 Å². The lowest BCUT2D eigenvalue weighted by Gasteiger charge is -2.25. The second-order valence-electron chi connectivity index (χ2n) is 7.80. The van der Waals surface area contributed by atoms with Crippen molar-refractivity contribution in [2.45, 2.75) is 32.7 Å². The summed E-state index contributed by atoms with van der Waals surface area (Å²) in [6.07, 6.45) is 3.36. The number of carbonyl (C=O) groups excluding carboxylic acids is 1. The lowest BCUT2D eigenvalue weighted by Crippen LogP contribution is -2.35. The fourth-order valence-corrected chi connectivity index (χ4v) is 3.42. The van der Waals surface area contributed by atoms with Crippen molar-refractivity contribution < 1.29 is 4.79 Å². The third-order valence-electron chi connectivity index (χ3n) is 5.01. The number of benzene rings is 1. The molecule has 0 spiro atoms. The van der Waals surface area contributed by atoms with Crippen LogP contribution in [0, 0.1) is 6.92 Å². The van der Waals surface area contributed by atoms with Crippen molar-refractivity contribution in [1.82, 2.24) is 25.0 Å². The normalized spacial score (nSPS) is 12.4. The molecule has 0 saturated heterocycles. The van der Waals surface area contributed by atoms with Gasteiger partial charge in [-0.3, -0.25) is 4.79 Å². The summed E-state index contributed by atoms with van der Waals surface area (Å²) in [6.45, 7) is 6.70. The first-order valence-electron chi connectivity index (χ1n) is 9.89. The van der Waals surface area contributed by atoms with Crippen molar-refractivity contribution in [3.63, 3.8) is 0 Å². The maximum absolute atomic E-state index is 13.0. The minimum absolute atomic E-state index is 0.0906. The second kappa shape index (κ2) is 9.01. The Bertz CT molecular complexity index is 945. The number of hydrogen-bond donors (Lipinski definition) is 1. The summed E-state index contributed by atoms with van der Waals surface area (Å²) >= 11 is 0. The third-order valence-corrected chi connectivity index (χ3v) is 5.01. The minimum Gasteiger partial charge on any atom is -0.350 e. The Balaban J connectivity index is 1.81. The maximum Gasteiger partial charge on any atom is 0.254 e. The first-order valence-corrected chi connectivity index (χ1v) is 9.89. The van der Waals surface area contributed by atoms with E-state index in [0.717, 1.165) is 5.69 Å². The molecule has 29 heavy (non-hydrogen) atoms. The molecule has 1 amide bonds. The predicted octanol–water partition coefficient (Wildman–Crippen LogP) is 3.73. The van der Waals surface area contributed by atoms with Crippen LogP contribution >= 0.6 is 0 Å². The second-order valence-corrected chi connectivity index (χ2v) is 7.80. The van der Waals surface area contributed by atoms with Gasteiger partial charge in [0.15, 0.2) is 5.82 Å². The summed E-state index contributed by atoms with van der Waals surface area (Å²) in [5, 5.41) is 7.54.